The topological polar surface area (TPSA) is 57.6 Å². The number of hydrogen-bond acceptors (Lipinski definition) is 3. The van der Waals surface area contributed by atoms with Crippen LogP contribution in [0.1, 0.15) is 12.0 Å². The summed E-state index contributed by atoms with van der Waals surface area (Å²) in [7, 11) is -2.02. The third-order valence-corrected chi connectivity index (χ3v) is 8.06. The predicted octanol–water partition coefficient (Wildman–Crippen LogP) is 2.36. The molecule has 4 nitrogen and oxygen atoms in total. The molecule has 1 saturated carbocycles. The van der Waals surface area contributed by atoms with Crippen LogP contribution in [0.5, 0.6) is 0 Å². The summed E-state index contributed by atoms with van der Waals surface area (Å²) < 4.78 is 27.7. The van der Waals surface area contributed by atoms with Gasteiger partial charge in [0.1, 0.15) is 0 Å². The zero-order valence-electron chi connectivity index (χ0n) is 12.6. The van der Waals surface area contributed by atoms with Crippen LogP contribution in [0.15, 0.2) is 41.3 Å². The maximum Gasteiger partial charge on any atom is 0.243 e. The number of alkyl halides is 1. The fourth-order valence-electron chi connectivity index (χ4n) is 3.71. The standard InChI is InChI=1S/C16H20INO3S/c1-11-3-7-14(8-4-11)22(20,21)18(2)15-12-5-6-13(9-12)16(15,19)10-17/h3-8,12-13,15,19H,9-10H2,1-2H3/t12-,13+,15+,16-/m0/s1. The van der Waals surface area contributed by atoms with Gasteiger partial charge >= 0.3 is 0 Å². The molecule has 2 aliphatic rings. The van der Waals surface area contributed by atoms with Crippen LogP contribution in [0.25, 0.3) is 0 Å². The highest BCUT2D eigenvalue weighted by Gasteiger charge is 2.58. The number of rotatable bonds is 4. The fourth-order valence-corrected chi connectivity index (χ4v) is 6.18. The molecule has 1 aromatic carbocycles. The molecule has 0 aliphatic heterocycles. The van der Waals surface area contributed by atoms with E-state index in [9.17, 15) is 13.5 Å². The number of sulfonamides is 1. The molecule has 1 aromatic rings. The van der Waals surface area contributed by atoms with Crippen LogP contribution in [0.3, 0.4) is 0 Å². The Morgan fingerprint density at radius 2 is 1.95 bits per heavy atom. The van der Waals surface area contributed by atoms with Gasteiger partial charge in [-0.25, -0.2) is 8.42 Å². The summed E-state index contributed by atoms with van der Waals surface area (Å²) in [5.41, 5.74) is 0.0418. The Kier molecular flexibility index (Phi) is 4.16. The Morgan fingerprint density at radius 3 is 2.55 bits per heavy atom. The van der Waals surface area contributed by atoms with Crippen LogP contribution in [-0.2, 0) is 10.0 Å². The summed E-state index contributed by atoms with van der Waals surface area (Å²) in [6.07, 6.45) is 4.92. The number of aryl methyl sites for hydroxylation is 1. The monoisotopic (exact) mass is 433 g/mol. The predicted molar refractivity (Wildman–Crippen MR) is 94.5 cm³/mol. The number of likely N-dealkylation sites (N-methyl/N-ethyl adjacent to an activating group) is 1. The number of halogens is 1. The molecule has 0 radical (unpaired) electrons. The Bertz CT molecular complexity index is 701. The lowest BCUT2D eigenvalue weighted by Gasteiger charge is -2.40. The van der Waals surface area contributed by atoms with Gasteiger partial charge in [-0.05, 0) is 31.4 Å². The van der Waals surface area contributed by atoms with Crippen LogP contribution < -0.4 is 0 Å². The summed E-state index contributed by atoms with van der Waals surface area (Å²) in [5, 5.41) is 11.0. The van der Waals surface area contributed by atoms with Crippen molar-refractivity contribution in [3.8, 4) is 0 Å². The van der Waals surface area contributed by atoms with Crippen LogP contribution in [0.2, 0.25) is 0 Å². The second kappa shape index (κ2) is 5.58. The molecule has 6 heteroatoms. The van der Waals surface area contributed by atoms with E-state index in [0.29, 0.717) is 4.43 Å². The van der Waals surface area contributed by atoms with Gasteiger partial charge in [-0.15, -0.1) is 0 Å². The van der Waals surface area contributed by atoms with Gasteiger partial charge in [0, 0.05) is 17.4 Å². The Morgan fingerprint density at radius 1 is 1.32 bits per heavy atom. The molecule has 0 amide bonds. The Balaban J connectivity index is 1.98. The summed E-state index contributed by atoms with van der Waals surface area (Å²) in [6, 6.07) is 6.46. The Labute approximate surface area is 145 Å². The molecule has 0 aromatic heterocycles. The molecule has 2 aliphatic carbocycles. The normalized spacial score (nSPS) is 33.8. The van der Waals surface area contributed by atoms with Crippen molar-refractivity contribution in [3.63, 3.8) is 0 Å². The van der Waals surface area contributed by atoms with E-state index in [-0.39, 0.29) is 16.7 Å². The first-order chi connectivity index (χ1) is 10.3. The quantitative estimate of drug-likeness (QED) is 0.451. The maximum atomic E-state index is 12.9. The van der Waals surface area contributed by atoms with E-state index in [2.05, 4.69) is 28.7 Å². The van der Waals surface area contributed by atoms with Crippen molar-refractivity contribution in [3.05, 3.63) is 42.0 Å². The minimum Gasteiger partial charge on any atom is -0.387 e. The average molecular weight is 433 g/mol. The number of nitrogens with zero attached hydrogens (tertiary/aromatic N) is 1. The van der Waals surface area contributed by atoms with Crippen molar-refractivity contribution in [2.45, 2.75) is 29.9 Å². The lowest BCUT2D eigenvalue weighted by molar-refractivity contribution is -0.00608. The highest BCUT2D eigenvalue weighted by molar-refractivity contribution is 14.1. The van der Waals surface area contributed by atoms with Gasteiger partial charge in [0.15, 0.2) is 0 Å². The van der Waals surface area contributed by atoms with Gasteiger partial charge in [0.25, 0.3) is 0 Å². The first kappa shape index (κ1) is 16.4. The molecule has 3 rings (SSSR count). The molecular formula is C16H20INO3S. The minimum absolute atomic E-state index is 0.0510. The van der Waals surface area contributed by atoms with E-state index in [0.717, 1.165) is 12.0 Å². The van der Waals surface area contributed by atoms with E-state index < -0.39 is 21.7 Å². The average Bonchev–Trinajstić information content (AvgIpc) is 3.07. The van der Waals surface area contributed by atoms with E-state index >= 15 is 0 Å². The van der Waals surface area contributed by atoms with Crippen molar-refractivity contribution in [2.24, 2.45) is 11.8 Å². The van der Waals surface area contributed by atoms with Gasteiger partial charge < -0.3 is 5.11 Å². The summed E-state index contributed by atoms with van der Waals surface area (Å²) in [4.78, 5) is 0.281. The van der Waals surface area contributed by atoms with E-state index in [1.807, 2.05) is 13.0 Å². The minimum atomic E-state index is -3.61. The van der Waals surface area contributed by atoms with Crippen LogP contribution in [0.4, 0.5) is 0 Å². The molecule has 4 atom stereocenters. The molecule has 0 spiro atoms. The highest BCUT2D eigenvalue weighted by Crippen LogP contribution is 2.50. The highest BCUT2D eigenvalue weighted by atomic mass is 127. The second-order valence-electron chi connectivity index (χ2n) is 6.29. The molecule has 120 valence electrons. The van der Waals surface area contributed by atoms with Gasteiger partial charge in [-0.3, -0.25) is 0 Å². The van der Waals surface area contributed by atoms with Gasteiger partial charge in [-0.1, -0.05) is 52.4 Å². The van der Waals surface area contributed by atoms with Gasteiger partial charge in [-0.2, -0.15) is 4.31 Å². The number of hydrogen-bond donors (Lipinski definition) is 1. The molecular weight excluding hydrogens is 413 g/mol. The first-order valence-corrected chi connectivity index (χ1v) is 10.3. The van der Waals surface area contributed by atoms with E-state index in [1.54, 1.807) is 31.3 Å². The van der Waals surface area contributed by atoms with E-state index in [4.69, 9.17) is 0 Å². The number of fused-ring (bicyclic) bond motifs is 2. The largest absolute Gasteiger partial charge is 0.387 e. The third-order valence-electron chi connectivity index (χ3n) is 4.98. The fraction of sp³-hybridized carbons (Fsp3) is 0.500. The molecule has 1 fully saturated rings. The second-order valence-corrected chi connectivity index (χ2v) is 9.06. The third kappa shape index (κ3) is 2.35. The van der Waals surface area contributed by atoms with Crippen molar-refractivity contribution in [1.29, 1.82) is 0 Å². The van der Waals surface area contributed by atoms with Crippen LogP contribution in [0, 0.1) is 18.8 Å². The van der Waals surface area contributed by atoms with Gasteiger partial charge in [0.05, 0.1) is 16.5 Å². The molecule has 2 bridgehead atoms. The smallest absolute Gasteiger partial charge is 0.243 e. The zero-order chi connectivity index (χ0) is 16.1. The summed E-state index contributed by atoms with van der Waals surface area (Å²) in [5.74, 6) is 0.144. The number of aliphatic hydroxyl groups is 1. The van der Waals surface area contributed by atoms with Crippen LogP contribution in [-0.4, -0.2) is 40.9 Å². The zero-order valence-corrected chi connectivity index (χ0v) is 15.6. The van der Waals surface area contributed by atoms with Crippen molar-refractivity contribution < 1.29 is 13.5 Å². The lowest BCUT2D eigenvalue weighted by atomic mass is 9.86. The number of benzene rings is 1. The Hall–Kier alpha value is -0.440. The lowest BCUT2D eigenvalue weighted by Crippen LogP contribution is -2.56. The van der Waals surface area contributed by atoms with Crippen molar-refractivity contribution >= 4 is 32.6 Å². The summed E-state index contributed by atoms with van der Waals surface area (Å²) >= 11 is 2.16. The van der Waals surface area contributed by atoms with E-state index in [1.165, 1.54) is 4.31 Å². The molecule has 22 heavy (non-hydrogen) atoms. The molecule has 1 N–H and O–H groups in total. The van der Waals surface area contributed by atoms with Crippen LogP contribution >= 0.6 is 22.6 Å². The molecule has 0 saturated heterocycles. The molecule has 0 unspecified atom stereocenters. The van der Waals surface area contributed by atoms with Crippen molar-refractivity contribution in [1.82, 2.24) is 4.31 Å². The SMILES string of the molecule is Cc1ccc(S(=O)(=O)N(C)[C@@H]2[C@H]3C=C[C@H](C3)[C@@]2(O)CI)cc1. The van der Waals surface area contributed by atoms with Crippen molar-refractivity contribution in [2.75, 3.05) is 11.5 Å². The summed E-state index contributed by atoms with van der Waals surface area (Å²) in [6.45, 7) is 1.93. The maximum absolute atomic E-state index is 12.9. The molecule has 0 heterocycles. The first-order valence-electron chi connectivity index (χ1n) is 7.32. The van der Waals surface area contributed by atoms with Gasteiger partial charge in [0.2, 0.25) is 10.0 Å².